The van der Waals surface area contributed by atoms with Gasteiger partial charge in [-0.25, -0.2) is 4.79 Å². The van der Waals surface area contributed by atoms with Crippen molar-refractivity contribution in [1.29, 1.82) is 0 Å². The molecule has 1 aromatic heterocycles. The summed E-state index contributed by atoms with van der Waals surface area (Å²) in [7, 11) is 0. The first-order chi connectivity index (χ1) is 10.5. The molecule has 6 heteroatoms. The fourth-order valence-corrected chi connectivity index (χ4v) is 4.08. The minimum atomic E-state index is -0.967. The molecule has 5 atom stereocenters. The molecule has 0 radical (unpaired) electrons. The number of rotatable bonds is 5. The van der Waals surface area contributed by atoms with Crippen LogP contribution in [0.1, 0.15) is 56.1 Å². The number of nitrogens with one attached hydrogen (secondary N) is 1. The summed E-state index contributed by atoms with van der Waals surface area (Å²) in [4.78, 5) is 23.2. The third kappa shape index (κ3) is 2.74. The van der Waals surface area contributed by atoms with Gasteiger partial charge in [0, 0.05) is 12.2 Å². The van der Waals surface area contributed by atoms with E-state index in [-0.39, 0.29) is 17.6 Å². The zero-order chi connectivity index (χ0) is 15.9. The second-order valence-corrected chi connectivity index (χ2v) is 6.80. The molecule has 0 aromatic carbocycles. The van der Waals surface area contributed by atoms with Crippen molar-refractivity contribution in [2.24, 2.45) is 17.8 Å². The third-order valence-corrected chi connectivity index (χ3v) is 5.39. The van der Waals surface area contributed by atoms with Gasteiger partial charge in [-0.3, -0.25) is 9.48 Å². The molecule has 2 fully saturated rings. The summed E-state index contributed by atoms with van der Waals surface area (Å²) in [6.45, 7) is 3.61. The van der Waals surface area contributed by atoms with E-state index < -0.39 is 12.0 Å². The van der Waals surface area contributed by atoms with Gasteiger partial charge in [0.15, 0.2) is 0 Å². The minimum Gasteiger partial charge on any atom is -0.480 e. The summed E-state index contributed by atoms with van der Waals surface area (Å²) in [6, 6.07) is 0.942. The highest BCUT2D eigenvalue weighted by atomic mass is 16.4. The summed E-state index contributed by atoms with van der Waals surface area (Å²) >= 11 is 0. The van der Waals surface area contributed by atoms with Crippen molar-refractivity contribution in [3.05, 3.63) is 18.0 Å². The van der Waals surface area contributed by atoms with Gasteiger partial charge in [0.05, 0.1) is 0 Å². The molecule has 1 aromatic rings. The molecule has 1 heterocycles. The number of carbonyl (C=O) groups excluding carboxylic acids is 1. The molecule has 2 saturated carbocycles. The lowest BCUT2D eigenvalue weighted by atomic mass is 9.84. The van der Waals surface area contributed by atoms with Crippen molar-refractivity contribution in [1.82, 2.24) is 15.1 Å². The monoisotopic (exact) mass is 305 g/mol. The van der Waals surface area contributed by atoms with Crippen molar-refractivity contribution >= 4 is 11.9 Å². The summed E-state index contributed by atoms with van der Waals surface area (Å²) in [5.41, 5.74) is 0.281. The molecule has 0 aliphatic heterocycles. The van der Waals surface area contributed by atoms with Crippen molar-refractivity contribution < 1.29 is 14.7 Å². The lowest BCUT2D eigenvalue weighted by molar-refractivity contribution is -0.140. The molecule has 120 valence electrons. The maximum atomic E-state index is 12.3. The molecule has 0 saturated heterocycles. The number of carboxylic acid groups (broad SMARTS) is 1. The molecule has 22 heavy (non-hydrogen) atoms. The summed E-state index contributed by atoms with van der Waals surface area (Å²) in [5, 5.41) is 16.1. The average Bonchev–Trinajstić information content (AvgIpc) is 3.21. The van der Waals surface area contributed by atoms with Crippen LogP contribution in [0.2, 0.25) is 0 Å². The normalized spacial score (nSPS) is 29.3. The molecule has 2 aliphatic carbocycles. The zero-order valence-electron chi connectivity index (χ0n) is 13.0. The molecule has 2 bridgehead atoms. The Hall–Kier alpha value is -1.85. The SMILES string of the molecule is CC(NC(=O)c1ccn(C(C)C(=O)O)n1)C1CC2CCC1C2. The predicted octanol–water partition coefficient (Wildman–Crippen LogP) is 2.08. The number of hydrogen-bond donors (Lipinski definition) is 2. The first-order valence-corrected chi connectivity index (χ1v) is 8.04. The number of fused-ring (bicyclic) bond motifs is 2. The van der Waals surface area contributed by atoms with E-state index in [4.69, 9.17) is 5.11 Å². The Morgan fingerprint density at radius 1 is 1.36 bits per heavy atom. The molecule has 1 amide bonds. The van der Waals surface area contributed by atoms with Crippen LogP contribution in [0.5, 0.6) is 0 Å². The standard InChI is InChI=1S/C16H23N3O3/c1-9(13-8-11-3-4-12(13)7-11)17-15(20)14-5-6-19(18-14)10(2)16(21)22/h5-6,9-13H,3-4,7-8H2,1-2H3,(H,17,20)(H,21,22). The van der Waals surface area contributed by atoms with E-state index in [2.05, 4.69) is 17.3 Å². The van der Waals surface area contributed by atoms with Gasteiger partial charge in [-0.05, 0) is 56.9 Å². The van der Waals surface area contributed by atoms with Crippen LogP contribution in [0.25, 0.3) is 0 Å². The third-order valence-electron chi connectivity index (χ3n) is 5.39. The largest absolute Gasteiger partial charge is 0.480 e. The van der Waals surface area contributed by atoms with Gasteiger partial charge < -0.3 is 10.4 Å². The molecule has 2 N–H and O–H groups in total. The van der Waals surface area contributed by atoms with Crippen LogP contribution >= 0.6 is 0 Å². The maximum Gasteiger partial charge on any atom is 0.328 e. The fraction of sp³-hybridized carbons (Fsp3) is 0.688. The molecular weight excluding hydrogens is 282 g/mol. The van der Waals surface area contributed by atoms with E-state index in [1.54, 1.807) is 6.07 Å². The lowest BCUT2D eigenvalue weighted by Gasteiger charge is -2.28. The molecule has 2 aliphatic rings. The average molecular weight is 305 g/mol. The van der Waals surface area contributed by atoms with Gasteiger partial charge in [-0.2, -0.15) is 5.10 Å². The molecular formula is C16H23N3O3. The second kappa shape index (κ2) is 5.74. The van der Waals surface area contributed by atoms with E-state index in [9.17, 15) is 9.59 Å². The minimum absolute atomic E-state index is 0.143. The van der Waals surface area contributed by atoms with Crippen LogP contribution in [-0.2, 0) is 4.79 Å². The number of carboxylic acids is 1. The van der Waals surface area contributed by atoms with Crippen molar-refractivity contribution in [2.75, 3.05) is 0 Å². The highest BCUT2D eigenvalue weighted by molar-refractivity contribution is 5.92. The van der Waals surface area contributed by atoms with E-state index in [0.29, 0.717) is 5.92 Å². The van der Waals surface area contributed by atoms with E-state index in [0.717, 1.165) is 11.8 Å². The summed E-state index contributed by atoms with van der Waals surface area (Å²) < 4.78 is 1.31. The first-order valence-electron chi connectivity index (χ1n) is 8.04. The number of aliphatic carboxylic acids is 1. The van der Waals surface area contributed by atoms with E-state index in [1.807, 2.05) is 0 Å². The highest BCUT2D eigenvalue weighted by Crippen LogP contribution is 2.49. The number of nitrogens with zero attached hydrogens (tertiary/aromatic N) is 2. The smallest absolute Gasteiger partial charge is 0.328 e. The molecule has 5 unspecified atom stereocenters. The van der Waals surface area contributed by atoms with Gasteiger partial charge in [0.2, 0.25) is 0 Å². The molecule has 3 rings (SSSR count). The quantitative estimate of drug-likeness (QED) is 0.872. The van der Waals surface area contributed by atoms with Crippen molar-refractivity contribution in [3.63, 3.8) is 0 Å². The van der Waals surface area contributed by atoms with Crippen LogP contribution in [0.15, 0.2) is 12.3 Å². The van der Waals surface area contributed by atoms with Crippen LogP contribution in [0.3, 0.4) is 0 Å². The maximum absolute atomic E-state index is 12.3. The Kier molecular flexibility index (Phi) is 3.93. The van der Waals surface area contributed by atoms with Gasteiger partial charge in [0.25, 0.3) is 5.91 Å². The number of hydrogen-bond acceptors (Lipinski definition) is 3. The van der Waals surface area contributed by atoms with Crippen LogP contribution < -0.4 is 5.32 Å². The Balaban J connectivity index is 1.61. The highest BCUT2D eigenvalue weighted by Gasteiger charge is 2.42. The topological polar surface area (TPSA) is 84.2 Å². The van der Waals surface area contributed by atoms with Crippen LogP contribution in [-0.4, -0.2) is 32.8 Å². The second-order valence-electron chi connectivity index (χ2n) is 6.80. The zero-order valence-corrected chi connectivity index (χ0v) is 13.0. The Morgan fingerprint density at radius 2 is 2.14 bits per heavy atom. The number of carbonyl (C=O) groups is 2. The molecule has 0 spiro atoms. The van der Waals surface area contributed by atoms with Gasteiger partial charge >= 0.3 is 5.97 Å². The fourth-order valence-electron chi connectivity index (χ4n) is 4.08. The number of aromatic nitrogens is 2. The molecule has 6 nitrogen and oxygen atoms in total. The Labute approximate surface area is 129 Å². The Bertz CT molecular complexity index is 583. The lowest BCUT2D eigenvalue weighted by Crippen LogP contribution is -2.40. The van der Waals surface area contributed by atoms with Gasteiger partial charge in [0.1, 0.15) is 11.7 Å². The van der Waals surface area contributed by atoms with Crippen LogP contribution in [0.4, 0.5) is 0 Å². The predicted molar refractivity (Wildman–Crippen MR) is 80.4 cm³/mol. The number of amides is 1. The van der Waals surface area contributed by atoms with E-state index >= 15 is 0 Å². The Morgan fingerprint density at radius 3 is 2.73 bits per heavy atom. The van der Waals surface area contributed by atoms with Crippen LogP contribution in [0, 0.1) is 17.8 Å². The van der Waals surface area contributed by atoms with Gasteiger partial charge in [-0.1, -0.05) is 6.42 Å². The van der Waals surface area contributed by atoms with E-state index in [1.165, 1.54) is 43.5 Å². The van der Waals surface area contributed by atoms with Gasteiger partial charge in [-0.15, -0.1) is 0 Å². The van der Waals surface area contributed by atoms with Crippen molar-refractivity contribution in [2.45, 2.75) is 51.6 Å². The first kappa shape index (κ1) is 15.1. The summed E-state index contributed by atoms with van der Waals surface area (Å²) in [5.74, 6) is 0.995. The summed E-state index contributed by atoms with van der Waals surface area (Å²) in [6.07, 6.45) is 6.71. The van der Waals surface area contributed by atoms with Crippen molar-refractivity contribution in [3.8, 4) is 0 Å².